The minimum Gasteiger partial charge on any atom is -0.285 e. The standard InChI is InChI=1S/C10H10N4/c1-2-3-9-12-13-10-5-4-8(6-11)7-14(9)10/h4-5,7H,2-3H2,1H3. The zero-order chi connectivity index (χ0) is 9.97. The summed E-state index contributed by atoms with van der Waals surface area (Å²) in [4.78, 5) is 0. The van der Waals surface area contributed by atoms with Crippen LogP contribution in [-0.2, 0) is 6.42 Å². The molecule has 0 spiro atoms. The summed E-state index contributed by atoms with van der Waals surface area (Å²) in [5.41, 5.74) is 1.43. The van der Waals surface area contributed by atoms with E-state index in [1.807, 2.05) is 10.5 Å². The number of aromatic nitrogens is 3. The molecule has 0 amide bonds. The number of nitrogens with zero attached hydrogens (tertiary/aromatic N) is 4. The quantitative estimate of drug-likeness (QED) is 0.715. The van der Waals surface area contributed by atoms with Crippen molar-refractivity contribution >= 4 is 5.65 Å². The smallest absolute Gasteiger partial charge is 0.160 e. The van der Waals surface area contributed by atoms with Crippen LogP contribution in [0.15, 0.2) is 18.3 Å². The number of hydrogen-bond acceptors (Lipinski definition) is 3. The number of hydrogen-bond donors (Lipinski definition) is 0. The monoisotopic (exact) mass is 186 g/mol. The van der Waals surface area contributed by atoms with E-state index in [0.29, 0.717) is 5.56 Å². The van der Waals surface area contributed by atoms with Gasteiger partial charge in [-0.1, -0.05) is 6.92 Å². The molecule has 0 bridgehead atoms. The largest absolute Gasteiger partial charge is 0.285 e. The number of fused-ring (bicyclic) bond motifs is 1. The highest BCUT2D eigenvalue weighted by atomic mass is 15.2. The first-order chi connectivity index (χ1) is 6.85. The molecule has 4 heteroatoms. The minimum absolute atomic E-state index is 0.634. The Morgan fingerprint density at radius 2 is 2.29 bits per heavy atom. The van der Waals surface area contributed by atoms with E-state index in [1.165, 1.54) is 0 Å². The van der Waals surface area contributed by atoms with Crippen LogP contribution in [-0.4, -0.2) is 14.6 Å². The molecule has 0 aliphatic carbocycles. The van der Waals surface area contributed by atoms with E-state index < -0.39 is 0 Å². The maximum absolute atomic E-state index is 8.75. The molecule has 0 unspecified atom stereocenters. The molecule has 0 atom stereocenters. The summed E-state index contributed by atoms with van der Waals surface area (Å²) < 4.78 is 1.88. The highest BCUT2D eigenvalue weighted by Gasteiger charge is 2.04. The summed E-state index contributed by atoms with van der Waals surface area (Å²) in [6.07, 6.45) is 3.69. The predicted octanol–water partition coefficient (Wildman–Crippen LogP) is 1.55. The lowest BCUT2D eigenvalue weighted by Gasteiger charge is -1.97. The van der Waals surface area contributed by atoms with Crippen LogP contribution in [0, 0.1) is 11.3 Å². The van der Waals surface area contributed by atoms with Gasteiger partial charge in [0.1, 0.15) is 11.9 Å². The van der Waals surface area contributed by atoms with Crippen LogP contribution >= 0.6 is 0 Å². The lowest BCUT2D eigenvalue weighted by molar-refractivity contribution is 0.817. The summed E-state index contributed by atoms with van der Waals surface area (Å²) in [5.74, 6) is 0.916. The van der Waals surface area contributed by atoms with Crippen LogP contribution in [0.4, 0.5) is 0 Å². The van der Waals surface area contributed by atoms with Crippen LogP contribution in [0.2, 0.25) is 0 Å². The van der Waals surface area contributed by atoms with Gasteiger partial charge in [-0.05, 0) is 18.6 Å². The van der Waals surface area contributed by atoms with Gasteiger partial charge in [0.05, 0.1) is 5.56 Å². The summed E-state index contributed by atoms with van der Waals surface area (Å²) in [5, 5.41) is 16.8. The van der Waals surface area contributed by atoms with Gasteiger partial charge in [0.15, 0.2) is 5.65 Å². The van der Waals surface area contributed by atoms with Crippen LogP contribution in [0.1, 0.15) is 24.7 Å². The molecule has 70 valence electrons. The highest BCUT2D eigenvalue weighted by Crippen LogP contribution is 2.07. The Morgan fingerprint density at radius 1 is 1.43 bits per heavy atom. The molecule has 2 rings (SSSR count). The number of nitriles is 1. The lowest BCUT2D eigenvalue weighted by atomic mass is 10.3. The summed E-state index contributed by atoms with van der Waals surface area (Å²) in [6.45, 7) is 2.09. The lowest BCUT2D eigenvalue weighted by Crippen LogP contribution is -1.94. The van der Waals surface area contributed by atoms with Gasteiger partial charge < -0.3 is 0 Å². The third kappa shape index (κ3) is 1.33. The molecule has 2 heterocycles. The second-order valence-corrected chi connectivity index (χ2v) is 3.12. The first-order valence-corrected chi connectivity index (χ1v) is 4.59. The van der Waals surface area contributed by atoms with Crippen LogP contribution in [0.3, 0.4) is 0 Å². The Balaban J connectivity index is 2.59. The third-order valence-corrected chi connectivity index (χ3v) is 2.08. The van der Waals surface area contributed by atoms with E-state index in [1.54, 1.807) is 12.3 Å². The van der Waals surface area contributed by atoms with E-state index >= 15 is 0 Å². The number of aryl methyl sites for hydroxylation is 1. The van der Waals surface area contributed by atoms with Crippen molar-refractivity contribution in [3.05, 3.63) is 29.7 Å². The second kappa shape index (κ2) is 3.46. The van der Waals surface area contributed by atoms with Crippen molar-refractivity contribution in [2.75, 3.05) is 0 Å². The molecule has 0 fully saturated rings. The average Bonchev–Trinajstić information content (AvgIpc) is 2.61. The maximum Gasteiger partial charge on any atom is 0.160 e. The van der Waals surface area contributed by atoms with Gasteiger partial charge in [0, 0.05) is 12.6 Å². The van der Waals surface area contributed by atoms with E-state index in [9.17, 15) is 0 Å². The fourth-order valence-corrected chi connectivity index (χ4v) is 1.40. The fourth-order valence-electron chi connectivity index (χ4n) is 1.40. The van der Waals surface area contributed by atoms with E-state index in [-0.39, 0.29) is 0 Å². The van der Waals surface area contributed by atoms with Gasteiger partial charge >= 0.3 is 0 Å². The Labute approximate surface area is 81.8 Å². The number of pyridine rings is 1. The van der Waals surface area contributed by atoms with Crippen LogP contribution in [0.25, 0.3) is 5.65 Å². The van der Waals surface area contributed by atoms with Crippen molar-refractivity contribution in [2.45, 2.75) is 19.8 Å². The van der Waals surface area contributed by atoms with Crippen molar-refractivity contribution in [1.82, 2.24) is 14.6 Å². The molecule has 0 saturated carbocycles. The third-order valence-electron chi connectivity index (χ3n) is 2.08. The van der Waals surface area contributed by atoms with Gasteiger partial charge in [0.25, 0.3) is 0 Å². The Morgan fingerprint density at radius 3 is 3.00 bits per heavy atom. The van der Waals surface area contributed by atoms with Crippen LogP contribution < -0.4 is 0 Å². The SMILES string of the molecule is CCCc1nnc2ccc(C#N)cn12. The average molecular weight is 186 g/mol. The molecule has 0 aliphatic heterocycles. The van der Waals surface area contributed by atoms with Crippen molar-refractivity contribution in [3.63, 3.8) is 0 Å². The molecule has 0 aromatic carbocycles. The minimum atomic E-state index is 0.634. The fraction of sp³-hybridized carbons (Fsp3) is 0.300. The summed E-state index contributed by atoms with van der Waals surface area (Å²) in [7, 11) is 0. The molecule has 2 aromatic rings. The van der Waals surface area contributed by atoms with Gasteiger partial charge in [-0.25, -0.2) is 0 Å². The first kappa shape index (κ1) is 8.70. The molecule has 0 N–H and O–H groups in total. The summed E-state index contributed by atoms with van der Waals surface area (Å²) in [6, 6.07) is 5.66. The molecular weight excluding hydrogens is 176 g/mol. The molecule has 2 aromatic heterocycles. The second-order valence-electron chi connectivity index (χ2n) is 3.12. The summed E-state index contributed by atoms with van der Waals surface area (Å²) >= 11 is 0. The van der Waals surface area contributed by atoms with E-state index in [0.717, 1.165) is 24.3 Å². The van der Waals surface area contributed by atoms with E-state index in [4.69, 9.17) is 5.26 Å². The van der Waals surface area contributed by atoms with Crippen molar-refractivity contribution in [1.29, 1.82) is 5.26 Å². The Kier molecular flexibility index (Phi) is 2.15. The van der Waals surface area contributed by atoms with Gasteiger partial charge in [-0.15, -0.1) is 10.2 Å². The molecular formula is C10H10N4. The van der Waals surface area contributed by atoms with E-state index in [2.05, 4.69) is 23.2 Å². The zero-order valence-corrected chi connectivity index (χ0v) is 7.94. The Hall–Kier alpha value is -1.89. The maximum atomic E-state index is 8.75. The number of rotatable bonds is 2. The molecule has 0 radical (unpaired) electrons. The van der Waals surface area contributed by atoms with Gasteiger partial charge in [-0.3, -0.25) is 4.40 Å². The molecule has 0 saturated heterocycles. The predicted molar refractivity (Wildman–Crippen MR) is 51.7 cm³/mol. The van der Waals surface area contributed by atoms with Crippen LogP contribution in [0.5, 0.6) is 0 Å². The molecule has 4 nitrogen and oxygen atoms in total. The normalized spacial score (nSPS) is 10.3. The van der Waals surface area contributed by atoms with Crippen molar-refractivity contribution in [3.8, 4) is 6.07 Å². The van der Waals surface area contributed by atoms with Crippen molar-refractivity contribution in [2.24, 2.45) is 0 Å². The zero-order valence-electron chi connectivity index (χ0n) is 7.94. The van der Waals surface area contributed by atoms with Crippen molar-refractivity contribution < 1.29 is 0 Å². The highest BCUT2D eigenvalue weighted by molar-refractivity contribution is 5.42. The Bertz CT molecular complexity index is 492. The van der Waals surface area contributed by atoms with Gasteiger partial charge in [0.2, 0.25) is 0 Å². The first-order valence-electron chi connectivity index (χ1n) is 4.59. The van der Waals surface area contributed by atoms with Gasteiger partial charge in [-0.2, -0.15) is 5.26 Å². The molecule has 0 aliphatic rings. The molecule has 14 heavy (non-hydrogen) atoms. The topological polar surface area (TPSA) is 54.0 Å².